The fourth-order valence-corrected chi connectivity index (χ4v) is 5.78. The molecule has 0 saturated carbocycles. The van der Waals surface area contributed by atoms with Crippen molar-refractivity contribution in [2.45, 2.75) is 38.5 Å². The first-order chi connectivity index (χ1) is 13.2. The van der Waals surface area contributed by atoms with Gasteiger partial charge in [0.2, 0.25) is 15.9 Å². The highest BCUT2D eigenvalue weighted by Gasteiger charge is 2.33. The standard InChI is InChI=1S/C21H25BrN2O3S/c1-14-6-8-19(9-7-14)28(26,27)24-10-4-5-17(13-24)21(25)23-20-15(2)11-18(22)12-16(20)3/h6-9,11-12,17H,4-5,10,13H2,1-3H3,(H,23,25)/t17-/m1/s1. The summed E-state index contributed by atoms with van der Waals surface area (Å²) in [6, 6.07) is 10.8. The number of carbonyl (C=O) groups is 1. The summed E-state index contributed by atoms with van der Waals surface area (Å²) in [4.78, 5) is 13.1. The van der Waals surface area contributed by atoms with Crippen LogP contribution in [0, 0.1) is 26.7 Å². The van der Waals surface area contributed by atoms with E-state index in [1.54, 1.807) is 24.3 Å². The molecule has 0 radical (unpaired) electrons. The monoisotopic (exact) mass is 464 g/mol. The average molecular weight is 465 g/mol. The van der Waals surface area contributed by atoms with E-state index in [1.165, 1.54) is 4.31 Å². The summed E-state index contributed by atoms with van der Waals surface area (Å²) in [7, 11) is -3.59. The second kappa shape index (κ2) is 8.35. The number of rotatable bonds is 4. The molecular weight excluding hydrogens is 440 g/mol. The summed E-state index contributed by atoms with van der Waals surface area (Å²) in [5, 5.41) is 3.01. The van der Waals surface area contributed by atoms with Gasteiger partial charge in [0.05, 0.1) is 10.8 Å². The topological polar surface area (TPSA) is 66.5 Å². The van der Waals surface area contributed by atoms with Gasteiger partial charge in [-0.3, -0.25) is 4.79 Å². The molecule has 3 rings (SSSR count). The lowest BCUT2D eigenvalue weighted by Crippen LogP contribution is -2.43. The molecule has 150 valence electrons. The molecule has 2 aromatic rings. The third-order valence-electron chi connectivity index (χ3n) is 5.16. The number of sulfonamides is 1. The first kappa shape index (κ1) is 21.0. The summed E-state index contributed by atoms with van der Waals surface area (Å²) < 4.78 is 28.3. The predicted molar refractivity (Wildman–Crippen MR) is 115 cm³/mol. The van der Waals surface area contributed by atoms with Crippen LogP contribution < -0.4 is 5.32 Å². The Balaban J connectivity index is 1.76. The van der Waals surface area contributed by atoms with Crippen molar-refractivity contribution in [2.24, 2.45) is 5.92 Å². The minimum absolute atomic E-state index is 0.127. The van der Waals surface area contributed by atoms with Crippen LogP contribution in [0.2, 0.25) is 0 Å². The second-order valence-electron chi connectivity index (χ2n) is 7.42. The number of benzene rings is 2. The third kappa shape index (κ3) is 4.47. The van der Waals surface area contributed by atoms with E-state index in [0.29, 0.717) is 19.4 Å². The van der Waals surface area contributed by atoms with Gasteiger partial charge in [-0.15, -0.1) is 0 Å². The number of amides is 1. The lowest BCUT2D eigenvalue weighted by Gasteiger charge is -2.31. The van der Waals surface area contributed by atoms with Gasteiger partial charge >= 0.3 is 0 Å². The molecule has 1 heterocycles. The van der Waals surface area contributed by atoms with Gasteiger partial charge in [-0.2, -0.15) is 4.31 Å². The molecule has 0 aromatic heterocycles. The highest BCUT2D eigenvalue weighted by Crippen LogP contribution is 2.28. The number of hydrogen-bond donors (Lipinski definition) is 1. The fourth-order valence-electron chi connectivity index (χ4n) is 3.57. The van der Waals surface area contributed by atoms with Crippen LogP contribution in [0.1, 0.15) is 29.5 Å². The molecule has 1 amide bonds. The molecule has 1 atom stereocenters. The Kier molecular flexibility index (Phi) is 6.27. The molecule has 0 unspecified atom stereocenters. The molecule has 7 heteroatoms. The maximum atomic E-state index is 13.0. The number of piperidine rings is 1. The minimum Gasteiger partial charge on any atom is -0.325 e. The van der Waals surface area contributed by atoms with Crippen molar-refractivity contribution in [1.82, 2.24) is 4.31 Å². The molecule has 1 aliphatic heterocycles. The van der Waals surface area contributed by atoms with Crippen LogP contribution in [0.5, 0.6) is 0 Å². The van der Waals surface area contributed by atoms with E-state index in [1.807, 2.05) is 32.9 Å². The molecule has 1 aliphatic rings. The van der Waals surface area contributed by atoms with Crippen molar-refractivity contribution in [3.63, 3.8) is 0 Å². The number of anilines is 1. The van der Waals surface area contributed by atoms with Crippen molar-refractivity contribution in [2.75, 3.05) is 18.4 Å². The Morgan fingerprint density at radius 1 is 1.11 bits per heavy atom. The normalized spacial score (nSPS) is 18.1. The molecule has 1 saturated heterocycles. The summed E-state index contributed by atoms with van der Waals surface area (Å²) in [5.74, 6) is -0.492. The zero-order chi connectivity index (χ0) is 20.5. The highest BCUT2D eigenvalue weighted by molar-refractivity contribution is 9.10. The Hall–Kier alpha value is -1.70. The summed E-state index contributed by atoms with van der Waals surface area (Å²) in [5.41, 5.74) is 3.75. The minimum atomic E-state index is -3.59. The van der Waals surface area contributed by atoms with Crippen LogP contribution in [-0.4, -0.2) is 31.7 Å². The van der Waals surface area contributed by atoms with E-state index in [9.17, 15) is 13.2 Å². The maximum Gasteiger partial charge on any atom is 0.243 e. The van der Waals surface area contributed by atoms with Crippen LogP contribution in [0.3, 0.4) is 0 Å². The van der Waals surface area contributed by atoms with Crippen molar-refractivity contribution in [3.8, 4) is 0 Å². The number of halogens is 1. The fraction of sp³-hybridized carbons (Fsp3) is 0.381. The summed E-state index contributed by atoms with van der Waals surface area (Å²) >= 11 is 3.46. The molecule has 1 fully saturated rings. The molecule has 28 heavy (non-hydrogen) atoms. The van der Waals surface area contributed by atoms with Crippen molar-refractivity contribution >= 4 is 37.5 Å². The highest BCUT2D eigenvalue weighted by atomic mass is 79.9. The molecule has 2 aromatic carbocycles. The smallest absolute Gasteiger partial charge is 0.243 e. The van der Waals surface area contributed by atoms with Gasteiger partial charge in [-0.1, -0.05) is 33.6 Å². The van der Waals surface area contributed by atoms with Crippen molar-refractivity contribution < 1.29 is 13.2 Å². The first-order valence-corrected chi connectivity index (χ1v) is 11.6. The average Bonchev–Trinajstić information content (AvgIpc) is 2.65. The lowest BCUT2D eigenvalue weighted by molar-refractivity contribution is -0.120. The SMILES string of the molecule is Cc1ccc(S(=O)(=O)N2CCC[C@@H](C(=O)Nc3c(C)cc(Br)cc3C)C2)cc1. The molecule has 0 spiro atoms. The van der Waals surface area contributed by atoms with Crippen LogP contribution in [0.4, 0.5) is 5.69 Å². The van der Waals surface area contributed by atoms with Crippen LogP contribution >= 0.6 is 15.9 Å². The van der Waals surface area contributed by atoms with E-state index in [-0.39, 0.29) is 23.3 Å². The molecule has 0 aliphatic carbocycles. The second-order valence-corrected chi connectivity index (χ2v) is 10.3. The van der Waals surface area contributed by atoms with Crippen LogP contribution in [0.25, 0.3) is 0 Å². The van der Waals surface area contributed by atoms with Crippen molar-refractivity contribution in [1.29, 1.82) is 0 Å². The summed E-state index contributed by atoms with van der Waals surface area (Å²) in [6.45, 7) is 6.46. The zero-order valence-corrected chi connectivity index (χ0v) is 18.7. The summed E-state index contributed by atoms with van der Waals surface area (Å²) in [6.07, 6.45) is 1.35. The van der Waals surface area contributed by atoms with Crippen LogP contribution in [-0.2, 0) is 14.8 Å². The van der Waals surface area contributed by atoms with Gasteiger partial charge in [0.25, 0.3) is 0 Å². The van der Waals surface area contributed by atoms with E-state index >= 15 is 0 Å². The van der Waals surface area contributed by atoms with Gasteiger partial charge in [-0.25, -0.2) is 8.42 Å². The van der Waals surface area contributed by atoms with E-state index in [4.69, 9.17) is 0 Å². The van der Waals surface area contributed by atoms with Gasteiger partial charge in [0.15, 0.2) is 0 Å². The first-order valence-electron chi connectivity index (χ1n) is 9.33. The molecule has 1 N–H and O–H groups in total. The van der Waals surface area contributed by atoms with E-state index in [0.717, 1.165) is 26.9 Å². The number of nitrogens with one attached hydrogen (secondary N) is 1. The Bertz CT molecular complexity index is 964. The Morgan fingerprint density at radius 2 is 1.71 bits per heavy atom. The number of carbonyl (C=O) groups excluding carboxylic acids is 1. The number of aryl methyl sites for hydroxylation is 3. The number of nitrogens with zero attached hydrogens (tertiary/aromatic N) is 1. The molecule has 0 bridgehead atoms. The molecule has 5 nitrogen and oxygen atoms in total. The van der Waals surface area contributed by atoms with E-state index in [2.05, 4.69) is 21.2 Å². The lowest BCUT2D eigenvalue weighted by atomic mass is 9.98. The van der Waals surface area contributed by atoms with Gasteiger partial charge in [0.1, 0.15) is 0 Å². The van der Waals surface area contributed by atoms with Gasteiger partial charge < -0.3 is 5.32 Å². The number of hydrogen-bond acceptors (Lipinski definition) is 3. The third-order valence-corrected chi connectivity index (χ3v) is 7.50. The largest absolute Gasteiger partial charge is 0.325 e. The zero-order valence-electron chi connectivity index (χ0n) is 16.3. The Morgan fingerprint density at radius 3 is 2.32 bits per heavy atom. The molecular formula is C21H25BrN2O3S. The van der Waals surface area contributed by atoms with Crippen LogP contribution in [0.15, 0.2) is 45.8 Å². The maximum absolute atomic E-state index is 13.0. The quantitative estimate of drug-likeness (QED) is 0.728. The van der Waals surface area contributed by atoms with Gasteiger partial charge in [-0.05, 0) is 69.0 Å². The van der Waals surface area contributed by atoms with E-state index < -0.39 is 10.0 Å². The van der Waals surface area contributed by atoms with Crippen molar-refractivity contribution in [3.05, 3.63) is 57.6 Å². The Labute approximate surface area is 175 Å². The van der Waals surface area contributed by atoms with Gasteiger partial charge in [0, 0.05) is 23.2 Å². The predicted octanol–water partition coefficient (Wildman–Crippen LogP) is 4.41.